The summed E-state index contributed by atoms with van der Waals surface area (Å²) in [4.78, 5) is 12.5. The van der Waals surface area contributed by atoms with Crippen molar-refractivity contribution in [3.8, 4) is 0 Å². The number of aliphatic hydroxyl groups is 1. The van der Waals surface area contributed by atoms with Crippen LogP contribution in [0.5, 0.6) is 0 Å². The minimum atomic E-state index is -0.902. The Morgan fingerprint density at radius 2 is 1.89 bits per heavy atom. The van der Waals surface area contributed by atoms with Crippen molar-refractivity contribution in [3.05, 3.63) is 29.3 Å². The molecule has 0 fully saturated rings. The largest absolute Gasteiger partial charge is 0.480 e. The molecule has 1 rings (SSSR count). The summed E-state index contributed by atoms with van der Waals surface area (Å²) in [6.45, 7) is 3.77. The minimum absolute atomic E-state index is 0.0995. The van der Waals surface area contributed by atoms with E-state index in [0.717, 1.165) is 5.69 Å². The lowest BCUT2D eigenvalue weighted by Gasteiger charge is -2.26. The van der Waals surface area contributed by atoms with Gasteiger partial charge < -0.3 is 15.1 Å². The van der Waals surface area contributed by atoms with Crippen LogP contribution in [0.25, 0.3) is 0 Å². The van der Waals surface area contributed by atoms with Crippen molar-refractivity contribution in [2.24, 2.45) is 0 Å². The maximum atomic E-state index is 10.8. The summed E-state index contributed by atoms with van der Waals surface area (Å²) in [5.74, 6) is -0.902. The summed E-state index contributed by atoms with van der Waals surface area (Å²) >= 11 is 5.80. The Kier molecular flexibility index (Phi) is 4.99. The number of aliphatic carboxylic acids is 1. The van der Waals surface area contributed by atoms with E-state index < -0.39 is 11.6 Å². The van der Waals surface area contributed by atoms with E-state index in [1.54, 1.807) is 43.0 Å². The predicted molar refractivity (Wildman–Crippen MR) is 72.2 cm³/mol. The van der Waals surface area contributed by atoms with Crippen LogP contribution in [0.1, 0.15) is 20.3 Å². The van der Waals surface area contributed by atoms with Crippen LogP contribution >= 0.6 is 11.6 Å². The highest BCUT2D eigenvalue weighted by Crippen LogP contribution is 2.19. The number of halogens is 1. The van der Waals surface area contributed by atoms with Gasteiger partial charge in [0.15, 0.2) is 0 Å². The number of hydrogen-bond donors (Lipinski definition) is 2. The fourth-order valence-electron chi connectivity index (χ4n) is 1.52. The molecule has 0 heterocycles. The van der Waals surface area contributed by atoms with Crippen molar-refractivity contribution in [2.45, 2.75) is 25.9 Å². The van der Waals surface area contributed by atoms with E-state index >= 15 is 0 Å². The monoisotopic (exact) mass is 271 g/mol. The Hall–Kier alpha value is -1.26. The van der Waals surface area contributed by atoms with Crippen molar-refractivity contribution in [1.82, 2.24) is 0 Å². The van der Waals surface area contributed by atoms with Crippen molar-refractivity contribution in [3.63, 3.8) is 0 Å². The van der Waals surface area contributed by atoms with Crippen molar-refractivity contribution in [1.29, 1.82) is 0 Å². The van der Waals surface area contributed by atoms with E-state index in [4.69, 9.17) is 16.7 Å². The molecule has 0 amide bonds. The molecular weight excluding hydrogens is 254 g/mol. The van der Waals surface area contributed by atoms with E-state index in [9.17, 15) is 9.90 Å². The molecule has 0 aliphatic rings. The number of carbonyl (C=O) groups is 1. The van der Waals surface area contributed by atoms with Crippen molar-refractivity contribution < 1.29 is 15.0 Å². The van der Waals surface area contributed by atoms with E-state index in [-0.39, 0.29) is 6.54 Å². The molecule has 0 spiro atoms. The normalized spacial score (nSPS) is 11.3. The fraction of sp³-hybridized carbons (Fsp3) is 0.462. The third kappa shape index (κ3) is 5.38. The van der Waals surface area contributed by atoms with Crippen molar-refractivity contribution in [2.75, 3.05) is 18.0 Å². The van der Waals surface area contributed by atoms with Gasteiger partial charge >= 0.3 is 5.97 Å². The number of carboxylic acid groups (broad SMARTS) is 1. The average Bonchev–Trinajstić information content (AvgIpc) is 2.24. The topological polar surface area (TPSA) is 60.8 Å². The molecule has 1 aromatic rings. The number of nitrogens with zero attached hydrogens (tertiary/aromatic N) is 1. The highest BCUT2D eigenvalue weighted by Gasteiger charge is 2.17. The Labute approximate surface area is 112 Å². The number of hydrogen-bond acceptors (Lipinski definition) is 3. The molecule has 5 heteroatoms. The van der Waals surface area contributed by atoms with Crippen LogP contribution in [0.2, 0.25) is 5.02 Å². The van der Waals surface area contributed by atoms with Gasteiger partial charge in [0, 0.05) is 17.3 Å². The minimum Gasteiger partial charge on any atom is -0.480 e. The van der Waals surface area contributed by atoms with Crippen molar-refractivity contribution >= 4 is 23.3 Å². The van der Waals surface area contributed by atoms with Crippen LogP contribution in [0.4, 0.5) is 5.69 Å². The smallest absolute Gasteiger partial charge is 0.323 e. The van der Waals surface area contributed by atoms with Gasteiger partial charge in [0.05, 0.1) is 5.60 Å². The molecule has 100 valence electrons. The second-order valence-electron chi connectivity index (χ2n) is 4.85. The van der Waals surface area contributed by atoms with Gasteiger partial charge in [-0.25, -0.2) is 0 Å². The Morgan fingerprint density at radius 3 is 2.33 bits per heavy atom. The number of benzene rings is 1. The van der Waals surface area contributed by atoms with Crippen LogP contribution < -0.4 is 4.90 Å². The maximum absolute atomic E-state index is 10.8. The molecule has 18 heavy (non-hydrogen) atoms. The maximum Gasteiger partial charge on any atom is 0.323 e. The predicted octanol–water partition coefficient (Wildman–Crippen LogP) is 2.39. The Bertz CT molecular complexity index is 398. The van der Waals surface area contributed by atoms with E-state index in [1.165, 1.54) is 0 Å². The molecular formula is C13H18ClNO3. The van der Waals surface area contributed by atoms with Crippen LogP contribution in [0, 0.1) is 0 Å². The zero-order chi connectivity index (χ0) is 13.8. The molecule has 0 saturated carbocycles. The summed E-state index contributed by atoms with van der Waals surface area (Å²) < 4.78 is 0. The van der Waals surface area contributed by atoms with Crippen LogP contribution in [0.15, 0.2) is 24.3 Å². The molecule has 0 atom stereocenters. The van der Waals surface area contributed by atoms with Crippen LogP contribution in [0.3, 0.4) is 0 Å². The quantitative estimate of drug-likeness (QED) is 0.834. The number of carboxylic acids is 1. The highest BCUT2D eigenvalue weighted by atomic mass is 35.5. The molecule has 0 radical (unpaired) electrons. The van der Waals surface area contributed by atoms with Gasteiger partial charge in [-0.15, -0.1) is 0 Å². The van der Waals surface area contributed by atoms with Gasteiger partial charge in [0.25, 0.3) is 0 Å². The standard InChI is InChI=1S/C13H18ClNO3/c1-13(2,18)7-8-15(9-12(16)17)11-5-3-10(14)4-6-11/h3-6,18H,7-9H2,1-2H3,(H,16,17). The van der Waals surface area contributed by atoms with Gasteiger partial charge in [-0.05, 0) is 44.5 Å². The second-order valence-corrected chi connectivity index (χ2v) is 5.29. The molecule has 1 aromatic carbocycles. The molecule has 0 unspecified atom stereocenters. The molecule has 0 bridgehead atoms. The molecule has 0 aliphatic heterocycles. The summed E-state index contributed by atoms with van der Waals surface area (Å²) in [5, 5.41) is 19.2. The van der Waals surface area contributed by atoms with Gasteiger partial charge in [-0.1, -0.05) is 11.6 Å². The fourth-order valence-corrected chi connectivity index (χ4v) is 1.65. The first-order valence-corrected chi connectivity index (χ1v) is 6.10. The lowest BCUT2D eigenvalue weighted by atomic mass is 10.1. The van der Waals surface area contributed by atoms with Crippen LogP contribution in [-0.2, 0) is 4.79 Å². The lowest BCUT2D eigenvalue weighted by Crippen LogP contribution is -2.34. The molecule has 2 N–H and O–H groups in total. The zero-order valence-electron chi connectivity index (χ0n) is 10.6. The number of rotatable bonds is 6. The zero-order valence-corrected chi connectivity index (χ0v) is 11.3. The first-order chi connectivity index (χ1) is 8.28. The van der Waals surface area contributed by atoms with Gasteiger partial charge in [0.2, 0.25) is 0 Å². The van der Waals surface area contributed by atoms with E-state index in [2.05, 4.69) is 0 Å². The Morgan fingerprint density at radius 1 is 1.33 bits per heavy atom. The molecule has 0 aliphatic carbocycles. The van der Waals surface area contributed by atoms with Gasteiger partial charge in [-0.3, -0.25) is 4.79 Å². The second kappa shape index (κ2) is 6.07. The third-order valence-corrected chi connectivity index (χ3v) is 2.76. The third-order valence-electron chi connectivity index (χ3n) is 2.51. The lowest BCUT2D eigenvalue weighted by molar-refractivity contribution is -0.135. The summed E-state index contributed by atoms with van der Waals surface area (Å²) in [6.07, 6.45) is 0.489. The van der Waals surface area contributed by atoms with E-state index in [0.29, 0.717) is 18.0 Å². The molecule has 0 saturated heterocycles. The first-order valence-electron chi connectivity index (χ1n) is 5.72. The van der Waals surface area contributed by atoms with Gasteiger partial charge in [-0.2, -0.15) is 0 Å². The summed E-state index contributed by atoms with van der Waals surface area (Å²) in [6, 6.07) is 6.98. The van der Waals surface area contributed by atoms with Crippen LogP contribution in [-0.4, -0.2) is 34.9 Å². The van der Waals surface area contributed by atoms with Gasteiger partial charge in [0.1, 0.15) is 6.54 Å². The summed E-state index contributed by atoms with van der Waals surface area (Å²) in [5.41, 5.74) is -0.0329. The van der Waals surface area contributed by atoms with E-state index in [1.807, 2.05) is 0 Å². The molecule has 4 nitrogen and oxygen atoms in total. The molecule has 0 aromatic heterocycles. The first kappa shape index (κ1) is 14.8. The number of anilines is 1. The Balaban J connectivity index is 2.77. The summed E-state index contributed by atoms with van der Waals surface area (Å²) in [7, 11) is 0. The average molecular weight is 272 g/mol. The SMILES string of the molecule is CC(C)(O)CCN(CC(=O)O)c1ccc(Cl)cc1. The highest BCUT2D eigenvalue weighted by molar-refractivity contribution is 6.30.